The summed E-state index contributed by atoms with van der Waals surface area (Å²) in [4.78, 5) is 66.2. The monoisotopic (exact) mass is 1120 g/mol. The molecule has 3 saturated heterocycles. The molecule has 3 fully saturated rings. The van der Waals surface area contributed by atoms with Crippen LogP contribution in [0, 0.1) is 40.1 Å². The number of ether oxygens (including phenoxy) is 3. The van der Waals surface area contributed by atoms with E-state index in [1.165, 1.54) is 12.1 Å². The van der Waals surface area contributed by atoms with E-state index in [1.807, 2.05) is 17.4 Å². The van der Waals surface area contributed by atoms with Gasteiger partial charge in [0.05, 0.1) is 62.1 Å². The zero-order valence-electron chi connectivity index (χ0n) is 43.6. The van der Waals surface area contributed by atoms with Gasteiger partial charge in [0, 0.05) is 79.0 Å². The van der Waals surface area contributed by atoms with Crippen LogP contribution in [-0.2, 0) is 36.8 Å². The number of methoxy groups -OCH3 is 2. The molecular weight excluding hydrogens is 1060 g/mol. The van der Waals surface area contributed by atoms with Crippen LogP contribution in [0.25, 0.3) is 11.3 Å². The number of fused-ring (bicyclic) bond motifs is 2. The van der Waals surface area contributed by atoms with Crippen LogP contribution in [0.5, 0.6) is 0 Å². The normalized spacial score (nSPS) is 18.4. The molecule has 5 heterocycles. The number of halogens is 9. The van der Waals surface area contributed by atoms with Crippen LogP contribution in [0.4, 0.5) is 54.9 Å². The van der Waals surface area contributed by atoms with Crippen molar-refractivity contribution in [2.75, 3.05) is 52.0 Å². The Morgan fingerprint density at radius 2 is 1.34 bits per heavy atom. The maximum atomic E-state index is 16.0. The van der Waals surface area contributed by atoms with Crippen LogP contribution in [0.1, 0.15) is 56.4 Å². The number of pyridine rings is 2. The van der Waals surface area contributed by atoms with Crippen LogP contribution in [0.3, 0.4) is 0 Å². The van der Waals surface area contributed by atoms with E-state index in [2.05, 4.69) is 51.8 Å². The molecule has 26 heteroatoms. The Morgan fingerprint density at radius 3 is 1.85 bits per heavy atom. The first-order valence-electron chi connectivity index (χ1n) is 24.7. The van der Waals surface area contributed by atoms with Crippen molar-refractivity contribution < 1.29 is 78.0 Å². The molecule has 2 bridgehead atoms. The number of hydrazine groups is 1. The summed E-state index contributed by atoms with van der Waals surface area (Å²) in [5.74, 6) is 0.178. The average Bonchev–Trinajstić information content (AvgIpc) is 4.18. The number of nitrogens with one attached hydrogen (secondary N) is 4. The van der Waals surface area contributed by atoms with Crippen LogP contribution >= 0.6 is 0 Å². The fourth-order valence-electron chi connectivity index (χ4n) is 9.35. The van der Waals surface area contributed by atoms with Gasteiger partial charge in [-0.05, 0) is 88.6 Å². The van der Waals surface area contributed by atoms with E-state index in [4.69, 9.17) is 4.74 Å². The van der Waals surface area contributed by atoms with E-state index in [9.17, 15) is 55.0 Å². The van der Waals surface area contributed by atoms with E-state index in [-0.39, 0.29) is 11.3 Å². The minimum Gasteiger partial charge on any atom is -0.453 e. The molecule has 6 atom stereocenters. The van der Waals surface area contributed by atoms with Gasteiger partial charge in [-0.3, -0.25) is 24.9 Å². The van der Waals surface area contributed by atoms with Gasteiger partial charge in [0.15, 0.2) is 0 Å². The van der Waals surface area contributed by atoms with E-state index in [0.717, 1.165) is 83.2 Å². The van der Waals surface area contributed by atoms with Gasteiger partial charge in [-0.25, -0.2) is 32.8 Å². The van der Waals surface area contributed by atoms with Crippen molar-refractivity contribution in [3.05, 3.63) is 113 Å². The number of nitrogens with zero attached hydrogens (tertiary/aromatic N) is 5. The lowest BCUT2D eigenvalue weighted by Gasteiger charge is -2.42. The molecule has 2 aromatic carbocycles. The Morgan fingerprint density at radius 1 is 0.759 bits per heavy atom. The van der Waals surface area contributed by atoms with Crippen molar-refractivity contribution in [3.63, 3.8) is 0 Å². The SMILES string of the molecule is COC(=O)N[C@H](C(=O)N[C@@H](Cc1ccc(C#Cc2ccc(N3C[C@H]4C[C@@H]3CN4C3COC3)nc2)cc1)[C@@H](O)CN(Cc1c(F)cc(-c2cc(F)ccn2)cc1F)NC(=O)[C@@H](NC(=O)OC)C(C)(C)C(F)(F)F)C(C)(C)C(F)(F)F. The number of piperazine rings is 1. The summed E-state index contributed by atoms with van der Waals surface area (Å²) in [6.45, 7) is 3.43. The highest BCUT2D eigenvalue weighted by atomic mass is 19.4. The molecule has 2 aromatic heterocycles. The van der Waals surface area contributed by atoms with Gasteiger partial charge in [0.25, 0.3) is 5.91 Å². The molecule has 79 heavy (non-hydrogen) atoms. The number of carbonyl (C=O) groups excluding carboxylic acids is 4. The third-order valence-electron chi connectivity index (χ3n) is 14.5. The van der Waals surface area contributed by atoms with Crippen molar-refractivity contribution in [2.45, 2.75) is 102 Å². The Hall–Kier alpha value is -7.21. The lowest BCUT2D eigenvalue weighted by Crippen LogP contribution is -2.63. The molecule has 17 nitrogen and oxygen atoms in total. The van der Waals surface area contributed by atoms with E-state index in [1.54, 1.807) is 23.6 Å². The van der Waals surface area contributed by atoms with Crippen molar-refractivity contribution in [2.24, 2.45) is 10.8 Å². The number of amides is 4. The van der Waals surface area contributed by atoms with Gasteiger partial charge in [-0.2, -0.15) is 26.3 Å². The third-order valence-corrected chi connectivity index (χ3v) is 14.5. The zero-order valence-corrected chi connectivity index (χ0v) is 43.6. The molecule has 7 rings (SSSR count). The fourth-order valence-corrected chi connectivity index (χ4v) is 9.35. The molecule has 0 unspecified atom stereocenters. The molecule has 0 spiro atoms. The highest BCUT2D eigenvalue weighted by molar-refractivity contribution is 5.87. The van der Waals surface area contributed by atoms with Gasteiger partial charge in [0.2, 0.25) is 5.91 Å². The second-order valence-corrected chi connectivity index (χ2v) is 20.5. The first-order chi connectivity index (χ1) is 37.1. The van der Waals surface area contributed by atoms with Crippen molar-refractivity contribution in [1.29, 1.82) is 0 Å². The van der Waals surface area contributed by atoms with Gasteiger partial charge in [-0.15, -0.1) is 0 Å². The number of benzene rings is 2. The Labute approximate surface area is 448 Å². The maximum Gasteiger partial charge on any atom is 0.407 e. The topological polar surface area (TPSA) is 200 Å². The summed E-state index contributed by atoms with van der Waals surface area (Å²) >= 11 is 0. The van der Waals surface area contributed by atoms with Crippen LogP contribution in [0.15, 0.2) is 73.1 Å². The average molecular weight is 1120 g/mol. The number of rotatable bonds is 18. The number of hydrogen-bond donors (Lipinski definition) is 5. The number of aliphatic hydroxyl groups is 1. The second-order valence-electron chi connectivity index (χ2n) is 20.5. The molecule has 5 N–H and O–H groups in total. The molecule has 426 valence electrons. The van der Waals surface area contributed by atoms with E-state index < -0.39 is 114 Å². The van der Waals surface area contributed by atoms with Crippen molar-refractivity contribution >= 4 is 29.8 Å². The molecule has 3 aliphatic heterocycles. The lowest BCUT2D eigenvalue weighted by molar-refractivity contribution is -0.221. The third kappa shape index (κ3) is 13.8. The molecule has 4 amide bonds. The standard InChI is InChI=1S/C53H58F9N9O8/c1-50(2,52(57,58)59)44(66-48(75)77-5)46(73)65-41(17-30-10-7-29(8-11-30)9-12-31-13-14-43(64-22-31)71-24-34-21-35(71)23-70(34)36-27-79-28-36)42(72)26-69(68-47(74)45(67-49(76)78-6)51(3,4)53(60,61)62)25-37-38(55)18-32(19-39(37)56)40-20-33(54)15-16-63-40/h7-8,10-11,13-16,18-20,22,34-36,41-42,44-45,72H,17,21,23-28H2,1-6H3,(H,65,73)(H,66,75)(H,67,76)(H,68,74)/t34-,35-,41+,42+,44-,45-/m1/s1. The molecule has 3 aliphatic rings. The van der Waals surface area contributed by atoms with E-state index in [0.29, 0.717) is 67.5 Å². The number of aliphatic hydroxyl groups excluding tert-OH is 1. The molecular formula is C53H58F9N9O8. The number of carbonyl (C=O) groups is 4. The van der Waals surface area contributed by atoms with Crippen molar-refractivity contribution in [1.82, 2.24) is 41.3 Å². The summed E-state index contributed by atoms with van der Waals surface area (Å²) in [6.07, 6.45) is -12.2. The molecule has 0 radical (unpaired) electrons. The van der Waals surface area contributed by atoms with Gasteiger partial charge in [0.1, 0.15) is 35.4 Å². The largest absolute Gasteiger partial charge is 0.453 e. The fraction of sp³-hybridized carbons (Fsp3) is 0.472. The number of likely N-dealkylation sites (tertiary alicyclic amines) is 1. The quantitative estimate of drug-likeness (QED) is 0.0431. The summed E-state index contributed by atoms with van der Waals surface area (Å²) in [7, 11) is 1.63. The van der Waals surface area contributed by atoms with Crippen LogP contribution in [-0.4, -0.2) is 151 Å². The first-order valence-corrected chi connectivity index (χ1v) is 24.7. The highest BCUT2D eigenvalue weighted by Crippen LogP contribution is 2.42. The zero-order chi connectivity index (χ0) is 57.8. The number of alkyl halides is 6. The van der Waals surface area contributed by atoms with Crippen molar-refractivity contribution in [3.8, 4) is 23.1 Å². The summed E-state index contributed by atoms with van der Waals surface area (Å²) < 4.78 is 148. The minimum atomic E-state index is -5.21. The van der Waals surface area contributed by atoms with Gasteiger partial charge < -0.3 is 40.2 Å². The summed E-state index contributed by atoms with van der Waals surface area (Å²) in [6, 6.07) is 7.69. The number of aromatic nitrogens is 2. The number of hydrogen-bond acceptors (Lipinski definition) is 13. The van der Waals surface area contributed by atoms with Gasteiger partial charge in [-0.1, -0.05) is 24.0 Å². The van der Waals surface area contributed by atoms with Gasteiger partial charge >= 0.3 is 24.5 Å². The number of alkyl carbamates (subject to hydrolysis) is 2. The predicted octanol–water partition coefficient (Wildman–Crippen LogP) is 6.17. The lowest BCUT2D eigenvalue weighted by atomic mass is 9.82. The minimum absolute atomic E-state index is 0.206. The first kappa shape index (κ1) is 59.5. The molecule has 4 aromatic rings. The van der Waals surface area contributed by atoms with Crippen LogP contribution in [0.2, 0.25) is 0 Å². The Balaban J connectivity index is 1.18. The predicted molar refractivity (Wildman–Crippen MR) is 266 cm³/mol. The molecule has 0 saturated carbocycles. The van der Waals surface area contributed by atoms with Crippen LogP contribution < -0.4 is 26.3 Å². The van der Waals surface area contributed by atoms with E-state index >= 15 is 8.78 Å². The Bertz CT molecular complexity index is 2890. The summed E-state index contributed by atoms with van der Waals surface area (Å²) in [5.41, 5.74) is -4.05. The highest BCUT2D eigenvalue weighted by Gasteiger charge is 2.57. The maximum absolute atomic E-state index is 16.0. The summed E-state index contributed by atoms with van der Waals surface area (Å²) in [5, 5.41) is 18.6. The second kappa shape index (κ2) is 24.0. The number of anilines is 1. The smallest absolute Gasteiger partial charge is 0.407 e. The molecule has 0 aliphatic carbocycles. The Kier molecular flexibility index (Phi) is 18.1.